The molecule has 1 atom stereocenters. The van der Waals surface area contributed by atoms with Crippen molar-refractivity contribution in [2.24, 2.45) is 5.41 Å². The summed E-state index contributed by atoms with van der Waals surface area (Å²) in [5, 5.41) is 0. The van der Waals surface area contributed by atoms with Crippen LogP contribution in [0.15, 0.2) is 30.3 Å². The van der Waals surface area contributed by atoms with Crippen molar-refractivity contribution in [3.05, 3.63) is 35.9 Å². The van der Waals surface area contributed by atoms with Crippen molar-refractivity contribution in [2.45, 2.75) is 61.5 Å². The zero-order valence-electron chi connectivity index (χ0n) is 13.8. The zero-order valence-corrected chi connectivity index (χ0v) is 13.8. The molecule has 0 amide bonds. The molecule has 0 fully saturated rings. The summed E-state index contributed by atoms with van der Waals surface area (Å²) >= 11 is 0. The van der Waals surface area contributed by atoms with Crippen molar-refractivity contribution < 1.29 is 9.53 Å². The molecule has 1 unspecified atom stereocenters. The summed E-state index contributed by atoms with van der Waals surface area (Å²) in [6.45, 7) is 16.1. The van der Waals surface area contributed by atoms with Crippen LogP contribution >= 0.6 is 0 Å². The smallest absolute Gasteiger partial charge is 0.338 e. The summed E-state index contributed by atoms with van der Waals surface area (Å²) in [5.41, 5.74) is 0.582. The number of rotatable bonds is 2. The first-order valence-electron chi connectivity index (χ1n) is 7.17. The van der Waals surface area contributed by atoms with Crippen LogP contribution in [-0.4, -0.2) is 12.1 Å². The Bertz CT molecular complexity index is 323. The van der Waals surface area contributed by atoms with Gasteiger partial charge in [-0.3, -0.25) is 0 Å². The third-order valence-electron chi connectivity index (χ3n) is 2.51. The van der Waals surface area contributed by atoms with Crippen molar-refractivity contribution in [1.29, 1.82) is 0 Å². The van der Waals surface area contributed by atoms with Gasteiger partial charge >= 0.3 is 5.97 Å². The summed E-state index contributed by atoms with van der Waals surface area (Å²) in [4.78, 5) is 11.7. The van der Waals surface area contributed by atoms with E-state index in [0.717, 1.165) is 0 Å². The molecule has 0 bridgehead atoms. The number of esters is 1. The summed E-state index contributed by atoms with van der Waals surface area (Å²) < 4.78 is 5.36. The van der Waals surface area contributed by atoms with E-state index in [2.05, 4.69) is 20.8 Å². The Hall–Kier alpha value is -1.31. The summed E-state index contributed by atoms with van der Waals surface area (Å²) in [6, 6.07) is 9.07. The largest absolute Gasteiger partial charge is 0.459 e. The quantitative estimate of drug-likeness (QED) is 0.676. The number of ether oxygens (including phenoxy) is 1. The second-order valence-electron chi connectivity index (χ2n) is 4.78. The van der Waals surface area contributed by atoms with Crippen LogP contribution in [0, 0.1) is 5.41 Å². The Balaban J connectivity index is 0. The number of benzene rings is 1. The maximum Gasteiger partial charge on any atom is 0.338 e. The maximum absolute atomic E-state index is 11.7. The summed E-state index contributed by atoms with van der Waals surface area (Å²) in [5.74, 6) is -0.252. The molecular formula is C17H30O2. The molecule has 110 valence electrons. The minimum Gasteiger partial charge on any atom is -0.459 e. The fraction of sp³-hybridized carbons (Fsp3) is 0.588. The normalized spacial score (nSPS) is 11.2. The molecule has 2 heteroatoms. The maximum atomic E-state index is 11.7. The van der Waals surface area contributed by atoms with Gasteiger partial charge in [0.2, 0.25) is 0 Å². The van der Waals surface area contributed by atoms with Crippen molar-refractivity contribution in [2.75, 3.05) is 0 Å². The highest BCUT2D eigenvalue weighted by molar-refractivity contribution is 5.89. The highest BCUT2D eigenvalue weighted by atomic mass is 16.5. The molecule has 19 heavy (non-hydrogen) atoms. The van der Waals surface area contributed by atoms with Crippen molar-refractivity contribution in [1.82, 2.24) is 0 Å². The molecule has 0 aromatic heterocycles. The molecule has 0 spiro atoms. The van der Waals surface area contributed by atoms with E-state index in [0.29, 0.717) is 5.56 Å². The van der Waals surface area contributed by atoms with E-state index in [1.807, 2.05) is 52.8 Å². The number of carbonyl (C=O) groups is 1. The van der Waals surface area contributed by atoms with Crippen LogP contribution in [0.2, 0.25) is 0 Å². The van der Waals surface area contributed by atoms with Gasteiger partial charge in [0.25, 0.3) is 0 Å². The van der Waals surface area contributed by atoms with E-state index in [1.165, 1.54) is 0 Å². The first kappa shape index (κ1) is 20.0. The average molecular weight is 266 g/mol. The average Bonchev–Trinajstić information content (AvgIpc) is 2.43. The van der Waals surface area contributed by atoms with Crippen LogP contribution < -0.4 is 0 Å². The lowest BCUT2D eigenvalue weighted by atomic mass is 9.90. The predicted molar refractivity (Wildman–Crippen MR) is 83.5 cm³/mol. The Morgan fingerprint density at radius 1 is 1.00 bits per heavy atom. The zero-order chi connectivity index (χ0) is 15.5. The molecule has 0 aliphatic heterocycles. The van der Waals surface area contributed by atoms with Crippen LogP contribution in [0.25, 0.3) is 0 Å². The molecule has 0 aliphatic rings. The topological polar surface area (TPSA) is 26.3 Å². The van der Waals surface area contributed by atoms with Gasteiger partial charge in [0.15, 0.2) is 0 Å². The second-order valence-corrected chi connectivity index (χ2v) is 4.78. The van der Waals surface area contributed by atoms with E-state index in [-0.39, 0.29) is 17.5 Å². The Morgan fingerprint density at radius 3 is 1.79 bits per heavy atom. The Morgan fingerprint density at radius 2 is 1.42 bits per heavy atom. The number of hydrogen-bond acceptors (Lipinski definition) is 2. The molecule has 0 heterocycles. The lowest BCUT2D eigenvalue weighted by molar-refractivity contribution is 0.00480. The van der Waals surface area contributed by atoms with Gasteiger partial charge in [-0.05, 0) is 24.5 Å². The van der Waals surface area contributed by atoms with Crippen LogP contribution in [0.1, 0.15) is 65.7 Å². The molecule has 1 rings (SSSR count). The van der Waals surface area contributed by atoms with Crippen LogP contribution in [0.5, 0.6) is 0 Å². The van der Waals surface area contributed by atoms with Gasteiger partial charge in [0.1, 0.15) is 6.10 Å². The molecule has 0 radical (unpaired) electrons. The monoisotopic (exact) mass is 266 g/mol. The molecular weight excluding hydrogens is 236 g/mol. The highest BCUT2D eigenvalue weighted by Gasteiger charge is 2.24. The fourth-order valence-corrected chi connectivity index (χ4v) is 0.980. The standard InChI is InChI=1S/C13H18O2.2C2H6/c1-10(13(2,3)4)15-12(14)11-8-6-5-7-9-11;2*1-2/h5-10H,1-4H3;2*1-2H3. The van der Waals surface area contributed by atoms with Crippen LogP contribution in [0.3, 0.4) is 0 Å². The molecule has 1 aromatic rings. The third kappa shape index (κ3) is 8.41. The minimum atomic E-state index is -0.252. The molecule has 0 saturated carbocycles. The van der Waals surface area contributed by atoms with Gasteiger partial charge in [-0.25, -0.2) is 4.79 Å². The van der Waals surface area contributed by atoms with E-state index in [1.54, 1.807) is 12.1 Å². The Labute approximate surface area is 119 Å². The van der Waals surface area contributed by atoms with E-state index in [9.17, 15) is 4.79 Å². The van der Waals surface area contributed by atoms with Gasteiger partial charge in [0.05, 0.1) is 5.56 Å². The first-order chi connectivity index (χ1) is 8.91. The van der Waals surface area contributed by atoms with Gasteiger partial charge in [-0.2, -0.15) is 0 Å². The number of carbonyl (C=O) groups excluding carboxylic acids is 1. The second kappa shape index (κ2) is 10.6. The third-order valence-corrected chi connectivity index (χ3v) is 2.51. The van der Waals surface area contributed by atoms with E-state index < -0.39 is 0 Å². The van der Waals surface area contributed by atoms with Gasteiger partial charge < -0.3 is 4.74 Å². The van der Waals surface area contributed by atoms with Gasteiger partial charge in [-0.15, -0.1) is 0 Å². The van der Waals surface area contributed by atoms with Gasteiger partial charge in [-0.1, -0.05) is 66.7 Å². The van der Waals surface area contributed by atoms with Gasteiger partial charge in [0, 0.05) is 0 Å². The molecule has 0 saturated heterocycles. The van der Waals surface area contributed by atoms with E-state index >= 15 is 0 Å². The van der Waals surface area contributed by atoms with E-state index in [4.69, 9.17) is 4.74 Å². The lowest BCUT2D eigenvalue weighted by Crippen LogP contribution is -2.28. The first-order valence-corrected chi connectivity index (χ1v) is 7.17. The molecule has 0 N–H and O–H groups in total. The molecule has 1 aromatic carbocycles. The molecule has 2 nitrogen and oxygen atoms in total. The molecule has 0 aliphatic carbocycles. The number of hydrogen-bond donors (Lipinski definition) is 0. The predicted octanol–water partition coefficient (Wildman–Crippen LogP) is 5.33. The van der Waals surface area contributed by atoms with Crippen molar-refractivity contribution in [3.63, 3.8) is 0 Å². The van der Waals surface area contributed by atoms with Crippen LogP contribution in [-0.2, 0) is 4.74 Å². The summed E-state index contributed by atoms with van der Waals surface area (Å²) in [6.07, 6.45) is -0.0924. The SMILES string of the molecule is CC.CC.CC(OC(=O)c1ccccc1)C(C)(C)C. The lowest BCUT2D eigenvalue weighted by Gasteiger charge is -2.26. The summed E-state index contributed by atoms with van der Waals surface area (Å²) in [7, 11) is 0. The highest BCUT2D eigenvalue weighted by Crippen LogP contribution is 2.22. The Kier molecular flexibility index (Phi) is 11.2. The van der Waals surface area contributed by atoms with Crippen molar-refractivity contribution >= 4 is 5.97 Å². The van der Waals surface area contributed by atoms with Crippen LogP contribution in [0.4, 0.5) is 0 Å². The minimum absolute atomic E-state index is 0.0234. The van der Waals surface area contributed by atoms with Crippen molar-refractivity contribution in [3.8, 4) is 0 Å². The fourth-order valence-electron chi connectivity index (χ4n) is 0.980.